The van der Waals surface area contributed by atoms with Gasteiger partial charge in [0.15, 0.2) is 0 Å². The lowest BCUT2D eigenvalue weighted by molar-refractivity contribution is -0.125. The zero-order valence-electron chi connectivity index (χ0n) is 11.1. The largest absolute Gasteiger partial charge is 0.397 e. The third-order valence-electron chi connectivity index (χ3n) is 2.17. The molecule has 0 saturated carbocycles. The quantitative estimate of drug-likeness (QED) is 0.843. The molecule has 0 radical (unpaired) electrons. The minimum absolute atomic E-state index is 0.00323. The van der Waals surface area contributed by atoms with E-state index in [1.807, 2.05) is 39.8 Å². The molecule has 5 heteroatoms. The van der Waals surface area contributed by atoms with Crippen molar-refractivity contribution in [1.82, 2.24) is 0 Å². The van der Waals surface area contributed by atoms with Crippen LogP contribution in [0.4, 0.5) is 11.4 Å². The van der Waals surface area contributed by atoms with E-state index in [1.165, 1.54) is 0 Å². The average Bonchev–Trinajstić information content (AvgIpc) is 2.19. The van der Waals surface area contributed by atoms with Crippen LogP contribution in [0.3, 0.4) is 0 Å². The Labute approximate surface area is 116 Å². The van der Waals surface area contributed by atoms with Gasteiger partial charge in [0, 0.05) is 4.47 Å². The van der Waals surface area contributed by atoms with Gasteiger partial charge in [-0.2, -0.15) is 0 Å². The topological polar surface area (TPSA) is 64.3 Å². The molecule has 0 unspecified atom stereocenters. The monoisotopic (exact) mass is 314 g/mol. The summed E-state index contributed by atoms with van der Waals surface area (Å²) in [6, 6.07) is 3.71. The van der Waals surface area contributed by atoms with Crippen molar-refractivity contribution in [3.8, 4) is 0 Å². The Kier molecular flexibility index (Phi) is 4.76. The molecular weight excluding hydrogens is 296 g/mol. The number of nitrogens with two attached hydrogens (primary N) is 1. The van der Waals surface area contributed by atoms with Gasteiger partial charge in [-0.05, 0) is 61.3 Å². The normalized spacial score (nSPS) is 11.4. The summed E-state index contributed by atoms with van der Waals surface area (Å²) in [4.78, 5) is 11.7. The molecule has 1 amide bonds. The Morgan fingerprint density at radius 3 is 2.56 bits per heavy atom. The second kappa shape index (κ2) is 5.71. The molecule has 100 valence electrons. The molecule has 1 aromatic carbocycles. The molecule has 0 saturated heterocycles. The van der Waals surface area contributed by atoms with E-state index < -0.39 is 0 Å². The third kappa shape index (κ3) is 4.66. The van der Waals surface area contributed by atoms with E-state index >= 15 is 0 Å². The van der Waals surface area contributed by atoms with Gasteiger partial charge in [0.2, 0.25) is 5.91 Å². The molecule has 18 heavy (non-hydrogen) atoms. The molecule has 0 aliphatic heterocycles. The fourth-order valence-electron chi connectivity index (χ4n) is 1.36. The smallest absolute Gasteiger partial charge is 0.250 e. The van der Waals surface area contributed by atoms with Crippen LogP contribution in [-0.4, -0.2) is 18.1 Å². The second-order valence-electron chi connectivity index (χ2n) is 5.16. The van der Waals surface area contributed by atoms with Gasteiger partial charge in [-0.15, -0.1) is 0 Å². The Morgan fingerprint density at radius 2 is 2.06 bits per heavy atom. The lowest BCUT2D eigenvalue weighted by Gasteiger charge is -2.19. The van der Waals surface area contributed by atoms with Crippen LogP contribution in [0, 0.1) is 6.92 Å². The zero-order valence-corrected chi connectivity index (χ0v) is 12.7. The van der Waals surface area contributed by atoms with Crippen LogP contribution < -0.4 is 11.1 Å². The number of benzene rings is 1. The van der Waals surface area contributed by atoms with Gasteiger partial charge in [-0.3, -0.25) is 4.79 Å². The fraction of sp³-hybridized carbons (Fsp3) is 0.462. The van der Waals surface area contributed by atoms with Crippen LogP contribution in [0.1, 0.15) is 26.3 Å². The highest BCUT2D eigenvalue weighted by Crippen LogP contribution is 2.30. The number of hydrogen-bond donors (Lipinski definition) is 2. The average molecular weight is 315 g/mol. The highest BCUT2D eigenvalue weighted by Gasteiger charge is 2.14. The second-order valence-corrected chi connectivity index (χ2v) is 6.01. The first-order valence-corrected chi connectivity index (χ1v) is 6.48. The van der Waals surface area contributed by atoms with Gasteiger partial charge < -0.3 is 15.8 Å². The Balaban J connectivity index is 2.71. The maximum atomic E-state index is 11.7. The van der Waals surface area contributed by atoms with Crippen molar-refractivity contribution in [3.63, 3.8) is 0 Å². The summed E-state index contributed by atoms with van der Waals surface area (Å²) >= 11 is 3.38. The van der Waals surface area contributed by atoms with Gasteiger partial charge in [0.25, 0.3) is 0 Å². The Bertz CT molecular complexity index is 430. The molecule has 0 aliphatic rings. The summed E-state index contributed by atoms with van der Waals surface area (Å²) < 4.78 is 6.17. The highest BCUT2D eigenvalue weighted by molar-refractivity contribution is 9.10. The Morgan fingerprint density at radius 1 is 1.44 bits per heavy atom. The summed E-state index contributed by atoms with van der Waals surface area (Å²) in [6.07, 6.45) is 0. The molecule has 1 aromatic rings. The number of carbonyl (C=O) groups excluding carboxylic acids is 1. The molecule has 0 aliphatic carbocycles. The molecule has 0 heterocycles. The predicted octanol–water partition coefficient (Wildman–Crippen LogP) is 3.09. The van der Waals surface area contributed by atoms with Crippen LogP contribution in [0.2, 0.25) is 0 Å². The fourth-order valence-corrected chi connectivity index (χ4v) is 2.05. The van der Waals surface area contributed by atoms with Crippen LogP contribution in [0.25, 0.3) is 0 Å². The number of aryl methyl sites for hydroxylation is 1. The highest BCUT2D eigenvalue weighted by atomic mass is 79.9. The van der Waals surface area contributed by atoms with E-state index in [4.69, 9.17) is 10.5 Å². The summed E-state index contributed by atoms with van der Waals surface area (Å²) in [6.45, 7) is 7.64. The maximum absolute atomic E-state index is 11.7. The van der Waals surface area contributed by atoms with Crippen molar-refractivity contribution in [1.29, 1.82) is 0 Å². The van der Waals surface area contributed by atoms with Gasteiger partial charge in [-0.1, -0.05) is 0 Å². The number of amides is 1. The first-order valence-electron chi connectivity index (χ1n) is 5.68. The van der Waals surface area contributed by atoms with Crippen molar-refractivity contribution in [2.24, 2.45) is 0 Å². The molecule has 0 aromatic heterocycles. The van der Waals surface area contributed by atoms with Crippen molar-refractivity contribution in [2.75, 3.05) is 17.7 Å². The number of halogens is 1. The summed E-state index contributed by atoms with van der Waals surface area (Å²) in [5.41, 5.74) is 7.68. The van der Waals surface area contributed by atoms with Crippen LogP contribution in [0.5, 0.6) is 0 Å². The van der Waals surface area contributed by atoms with E-state index in [2.05, 4.69) is 21.2 Å². The SMILES string of the molecule is Cc1cc(N)c(NC(=O)COC(C)(C)C)c(Br)c1. The van der Waals surface area contributed by atoms with Crippen molar-refractivity contribution < 1.29 is 9.53 Å². The first kappa shape index (κ1) is 15.0. The van der Waals surface area contributed by atoms with Crippen molar-refractivity contribution in [3.05, 3.63) is 22.2 Å². The van der Waals surface area contributed by atoms with Gasteiger partial charge in [0.1, 0.15) is 6.61 Å². The van der Waals surface area contributed by atoms with E-state index in [-0.39, 0.29) is 18.1 Å². The molecule has 0 fully saturated rings. The number of nitrogens with one attached hydrogen (secondary N) is 1. The van der Waals surface area contributed by atoms with Gasteiger partial charge in [-0.25, -0.2) is 0 Å². The third-order valence-corrected chi connectivity index (χ3v) is 2.79. The molecular formula is C13H19BrN2O2. The number of rotatable bonds is 3. The minimum atomic E-state index is -0.340. The van der Waals surface area contributed by atoms with Crippen molar-refractivity contribution in [2.45, 2.75) is 33.3 Å². The lowest BCUT2D eigenvalue weighted by atomic mass is 10.2. The van der Waals surface area contributed by atoms with Crippen LogP contribution in [0.15, 0.2) is 16.6 Å². The lowest BCUT2D eigenvalue weighted by Crippen LogP contribution is -2.27. The Hall–Kier alpha value is -1.07. The summed E-state index contributed by atoms with van der Waals surface area (Å²) in [7, 11) is 0. The van der Waals surface area contributed by atoms with E-state index in [0.29, 0.717) is 11.4 Å². The van der Waals surface area contributed by atoms with E-state index in [1.54, 1.807) is 0 Å². The number of carbonyl (C=O) groups is 1. The standard InChI is InChI=1S/C13H19BrN2O2/c1-8-5-9(14)12(10(15)6-8)16-11(17)7-18-13(2,3)4/h5-6H,7,15H2,1-4H3,(H,16,17). The van der Waals surface area contributed by atoms with Crippen LogP contribution >= 0.6 is 15.9 Å². The molecule has 1 rings (SSSR count). The van der Waals surface area contributed by atoms with E-state index in [0.717, 1.165) is 10.0 Å². The molecule has 4 nitrogen and oxygen atoms in total. The number of hydrogen-bond acceptors (Lipinski definition) is 3. The number of anilines is 2. The molecule has 0 bridgehead atoms. The maximum Gasteiger partial charge on any atom is 0.250 e. The number of ether oxygens (including phenoxy) is 1. The van der Waals surface area contributed by atoms with Crippen LogP contribution in [-0.2, 0) is 9.53 Å². The number of nitrogen functional groups attached to an aromatic ring is 1. The molecule has 0 spiro atoms. The summed E-state index contributed by atoms with van der Waals surface area (Å²) in [5, 5.41) is 2.74. The predicted molar refractivity (Wildman–Crippen MR) is 77.6 cm³/mol. The zero-order chi connectivity index (χ0) is 13.9. The first-order chi connectivity index (χ1) is 8.19. The van der Waals surface area contributed by atoms with E-state index in [9.17, 15) is 4.79 Å². The molecule has 3 N–H and O–H groups in total. The van der Waals surface area contributed by atoms with Crippen molar-refractivity contribution >= 4 is 33.2 Å². The van der Waals surface area contributed by atoms with Gasteiger partial charge in [0.05, 0.1) is 17.0 Å². The summed E-state index contributed by atoms with van der Waals surface area (Å²) in [5.74, 6) is -0.221. The van der Waals surface area contributed by atoms with Gasteiger partial charge >= 0.3 is 0 Å². The minimum Gasteiger partial charge on any atom is -0.397 e. The molecule has 0 atom stereocenters.